The van der Waals surface area contributed by atoms with Crippen molar-refractivity contribution >= 4 is 5.91 Å². The largest absolute Gasteiger partial charge is 0.394 e. The Labute approximate surface area is 562 Å². The van der Waals surface area contributed by atoms with Crippen LogP contribution in [0.25, 0.3) is 0 Å². The smallest absolute Gasteiger partial charge is 0.220 e. The maximum atomic E-state index is 13.2. The fourth-order valence-corrected chi connectivity index (χ4v) is 12.4. The highest BCUT2D eigenvalue weighted by Gasteiger charge is 2.44. The molecule has 530 valence electrons. The molecular formula is C82H149NO8. The SMILES string of the molecule is CC/C=C\C/C=C\C/C=C\C/C=C\C/C=C\CCCCCCCCCCCCCCCCCCCCCCCC(=O)NC(COC1OC(CO)C(O)C(O)C1O)C(O)/C=C/CC/C=C/CCCCCCCCCCCCCCCCCCCCCCCCCCC. The second kappa shape index (κ2) is 70.2. The first-order valence-electron chi connectivity index (χ1n) is 39.3. The Bertz CT molecular complexity index is 1720. The molecule has 1 fully saturated rings. The minimum absolute atomic E-state index is 0.181. The van der Waals surface area contributed by atoms with Crippen molar-refractivity contribution in [1.29, 1.82) is 0 Å². The number of carbonyl (C=O) groups excluding carboxylic acids is 1. The van der Waals surface area contributed by atoms with Gasteiger partial charge in [-0.1, -0.05) is 375 Å². The van der Waals surface area contributed by atoms with E-state index in [1.54, 1.807) is 6.08 Å². The zero-order valence-electron chi connectivity index (χ0n) is 59.6. The molecule has 0 bridgehead atoms. The van der Waals surface area contributed by atoms with Crippen LogP contribution in [-0.4, -0.2) is 87.5 Å². The van der Waals surface area contributed by atoms with Crippen LogP contribution in [0, 0.1) is 0 Å². The predicted octanol–water partition coefficient (Wildman–Crippen LogP) is 22.4. The second-order valence-corrected chi connectivity index (χ2v) is 27.1. The van der Waals surface area contributed by atoms with E-state index in [-0.39, 0.29) is 12.5 Å². The number of unbranched alkanes of at least 4 members (excludes halogenated alkanes) is 47. The summed E-state index contributed by atoms with van der Waals surface area (Å²) in [4.78, 5) is 13.2. The van der Waals surface area contributed by atoms with Crippen molar-refractivity contribution in [3.8, 4) is 0 Å². The minimum atomic E-state index is -1.58. The lowest BCUT2D eigenvalue weighted by Crippen LogP contribution is -2.60. The summed E-state index contributed by atoms with van der Waals surface area (Å²) in [6, 6.07) is -0.826. The highest BCUT2D eigenvalue weighted by atomic mass is 16.7. The molecule has 0 spiro atoms. The molecule has 0 aliphatic carbocycles. The highest BCUT2D eigenvalue weighted by molar-refractivity contribution is 5.76. The minimum Gasteiger partial charge on any atom is -0.394 e. The first-order valence-corrected chi connectivity index (χ1v) is 39.3. The monoisotopic (exact) mass is 1280 g/mol. The molecule has 1 aliphatic heterocycles. The fraction of sp³-hybridized carbons (Fsp3) is 0.817. The number of nitrogens with one attached hydrogen (secondary N) is 1. The third-order valence-corrected chi connectivity index (χ3v) is 18.5. The molecule has 1 saturated heterocycles. The highest BCUT2D eigenvalue weighted by Crippen LogP contribution is 2.24. The number of hydrogen-bond donors (Lipinski definition) is 6. The van der Waals surface area contributed by atoms with Crippen molar-refractivity contribution in [1.82, 2.24) is 5.32 Å². The van der Waals surface area contributed by atoms with Crippen LogP contribution in [0.1, 0.15) is 373 Å². The predicted molar refractivity (Wildman–Crippen MR) is 392 cm³/mol. The Morgan fingerprint density at radius 2 is 0.692 bits per heavy atom. The molecule has 1 aliphatic rings. The number of allylic oxidation sites excluding steroid dienone is 13. The maximum Gasteiger partial charge on any atom is 0.220 e. The van der Waals surface area contributed by atoms with Gasteiger partial charge in [-0.05, 0) is 77.0 Å². The van der Waals surface area contributed by atoms with E-state index < -0.39 is 49.5 Å². The van der Waals surface area contributed by atoms with Crippen molar-refractivity contribution in [3.63, 3.8) is 0 Å². The molecule has 0 aromatic rings. The average Bonchev–Trinajstić information content (AvgIpc) is 1.70. The molecule has 0 saturated carbocycles. The second-order valence-electron chi connectivity index (χ2n) is 27.1. The van der Waals surface area contributed by atoms with Crippen LogP contribution in [0.5, 0.6) is 0 Å². The Morgan fingerprint density at radius 1 is 0.385 bits per heavy atom. The van der Waals surface area contributed by atoms with E-state index in [1.165, 1.54) is 283 Å². The molecule has 0 aromatic heterocycles. The molecule has 9 nitrogen and oxygen atoms in total. The third kappa shape index (κ3) is 58.5. The van der Waals surface area contributed by atoms with Crippen LogP contribution >= 0.6 is 0 Å². The van der Waals surface area contributed by atoms with Gasteiger partial charge in [0.25, 0.3) is 0 Å². The lowest BCUT2D eigenvalue weighted by Gasteiger charge is -2.40. The van der Waals surface area contributed by atoms with Gasteiger partial charge in [0.15, 0.2) is 6.29 Å². The lowest BCUT2D eigenvalue weighted by atomic mass is 9.99. The maximum absolute atomic E-state index is 13.2. The molecular weight excluding hydrogens is 1130 g/mol. The van der Waals surface area contributed by atoms with Crippen molar-refractivity contribution < 1.29 is 39.8 Å². The molecule has 6 N–H and O–H groups in total. The van der Waals surface area contributed by atoms with Gasteiger partial charge in [0.1, 0.15) is 24.4 Å². The number of carbonyl (C=O) groups is 1. The van der Waals surface area contributed by atoms with E-state index in [1.807, 2.05) is 6.08 Å². The standard InChI is InChI=1S/C82H149NO8/c1-3-5-7-9-11-13-15-17-19-21-23-25-27-29-31-33-35-36-37-38-39-40-42-44-46-48-50-52-54-56-58-60-62-64-66-68-70-72-78(86)83-75(74-90-82-81(89)80(88)79(87)77(73-84)91-82)76(85)71-69-67-65-63-61-59-57-55-53-51-49-47-45-43-41-34-32-30-28-26-24-22-20-18-16-14-12-10-8-6-4-2/h5,7,11,13,17,19,23,25,29,31,61,63,69,71,75-77,79-82,84-85,87-89H,3-4,6,8-10,12,14-16,18,20-22,24,26-28,30,32-60,62,64-68,70,72-74H2,1-2H3,(H,83,86)/b7-5-,13-11-,19-17-,25-23-,31-29-,63-61+,71-69+. The topological polar surface area (TPSA) is 149 Å². The zero-order valence-corrected chi connectivity index (χ0v) is 59.6. The van der Waals surface area contributed by atoms with E-state index in [0.29, 0.717) is 6.42 Å². The van der Waals surface area contributed by atoms with E-state index in [9.17, 15) is 30.3 Å². The van der Waals surface area contributed by atoms with Crippen molar-refractivity contribution in [2.24, 2.45) is 0 Å². The third-order valence-electron chi connectivity index (χ3n) is 18.5. The van der Waals surface area contributed by atoms with Gasteiger partial charge in [0.2, 0.25) is 5.91 Å². The Morgan fingerprint density at radius 3 is 1.05 bits per heavy atom. The summed E-state index contributed by atoms with van der Waals surface area (Å²) in [5.41, 5.74) is 0. The first-order chi connectivity index (χ1) is 44.8. The van der Waals surface area contributed by atoms with Gasteiger partial charge in [-0.3, -0.25) is 4.79 Å². The van der Waals surface area contributed by atoms with Crippen LogP contribution in [0.15, 0.2) is 85.1 Å². The fourth-order valence-electron chi connectivity index (χ4n) is 12.4. The summed E-state index contributed by atoms with van der Waals surface area (Å²) < 4.78 is 11.3. The quantitative estimate of drug-likeness (QED) is 0.0261. The van der Waals surface area contributed by atoms with Crippen LogP contribution in [0.2, 0.25) is 0 Å². The summed E-state index contributed by atoms with van der Waals surface area (Å²) in [6.07, 6.45) is 94.4. The molecule has 7 unspecified atom stereocenters. The first kappa shape index (κ1) is 86.4. The molecule has 0 aromatic carbocycles. The molecule has 1 amide bonds. The Balaban J connectivity index is 2.09. The van der Waals surface area contributed by atoms with E-state index >= 15 is 0 Å². The molecule has 1 heterocycles. The van der Waals surface area contributed by atoms with E-state index in [0.717, 1.165) is 70.6 Å². The number of rotatable bonds is 69. The number of ether oxygens (including phenoxy) is 2. The lowest BCUT2D eigenvalue weighted by molar-refractivity contribution is -0.302. The zero-order chi connectivity index (χ0) is 65.7. The number of aliphatic hydroxyl groups is 5. The van der Waals surface area contributed by atoms with Crippen molar-refractivity contribution in [3.05, 3.63) is 85.1 Å². The summed E-state index contributed by atoms with van der Waals surface area (Å²) >= 11 is 0. The normalized spacial score (nSPS) is 18.2. The molecule has 9 heteroatoms. The van der Waals surface area contributed by atoms with Crippen molar-refractivity contribution in [2.75, 3.05) is 13.2 Å². The number of aliphatic hydroxyl groups excluding tert-OH is 5. The van der Waals surface area contributed by atoms with Crippen LogP contribution < -0.4 is 5.32 Å². The van der Waals surface area contributed by atoms with Crippen LogP contribution in [0.4, 0.5) is 0 Å². The van der Waals surface area contributed by atoms with Gasteiger partial charge in [-0.15, -0.1) is 0 Å². The van der Waals surface area contributed by atoms with E-state index in [4.69, 9.17) is 9.47 Å². The average molecular weight is 1280 g/mol. The van der Waals surface area contributed by atoms with Crippen LogP contribution in [0.3, 0.4) is 0 Å². The van der Waals surface area contributed by atoms with Crippen LogP contribution in [-0.2, 0) is 14.3 Å². The molecule has 7 atom stereocenters. The molecule has 91 heavy (non-hydrogen) atoms. The summed E-state index contributed by atoms with van der Waals surface area (Å²) in [6.45, 7) is 3.70. The van der Waals surface area contributed by atoms with Crippen molar-refractivity contribution in [2.45, 2.75) is 416 Å². The van der Waals surface area contributed by atoms with Gasteiger partial charge in [0.05, 0.1) is 25.4 Å². The molecule has 1 rings (SSSR count). The number of amides is 1. The van der Waals surface area contributed by atoms with Gasteiger partial charge in [0, 0.05) is 6.42 Å². The van der Waals surface area contributed by atoms with E-state index in [2.05, 4.69) is 92.1 Å². The number of hydrogen-bond acceptors (Lipinski definition) is 8. The molecule has 0 radical (unpaired) electrons. The summed E-state index contributed by atoms with van der Waals surface area (Å²) in [7, 11) is 0. The van der Waals surface area contributed by atoms with Gasteiger partial charge >= 0.3 is 0 Å². The van der Waals surface area contributed by atoms with Gasteiger partial charge < -0.3 is 40.3 Å². The Kier molecular flexibility index (Phi) is 66.6. The van der Waals surface area contributed by atoms with Gasteiger partial charge in [-0.25, -0.2) is 0 Å². The van der Waals surface area contributed by atoms with Gasteiger partial charge in [-0.2, -0.15) is 0 Å². The summed E-state index contributed by atoms with van der Waals surface area (Å²) in [5, 5.41) is 54.9. The Hall–Kier alpha value is -2.63. The summed E-state index contributed by atoms with van der Waals surface area (Å²) in [5.74, 6) is -0.181.